The Kier molecular flexibility index (Phi) is 12.6. The van der Waals surface area contributed by atoms with Crippen LogP contribution in [0.5, 0.6) is 0 Å². The zero-order chi connectivity index (χ0) is 29.9. The van der Waals surface area contributed by atoms with E-state index in [4.69, 9.17) is 10.1 Å². The molecule has 5 heteroatoms. The average molecular weight is 547 g/mol. The molecule has 40 heavy (non-hydrogen) atoms. The monoisotopic (exact) mass is 546 g/mol. The summed E-state index contributed by atoms with van der Waals surface area (Å²) in [6, 6.07) is 15.7. The van der Waals surface area contributed by atoms with Gasteiger partial charge in [-0.1, -0.05) is 96.7 Å². The van der Waals surface area contributed by atoms with Crippen LogP contribution in [-0.2, 0) is 9.53 Å². The minimum Gasteiger partial charge on any atom is -0.448 e. The number of carbonyl (C=O) groups is 1. The minimum absolute atomic E-state index is 0.144. The summed E-state index contributed by atoms with van der Waals surface area (Å²) in [5.74, 6) is 1.19. The fourth-order valence-corrected chi connectivity index (χ4v) is 4.48. The van der Waals surface area contributed by atoms with E-state index in [-0.39, 0.29) is 29.0 Å². The first-order valence-electron chi connectivity index (χ1n) is 14.5. The van der Waals surface area contributed by atoms with Gasteiger partial charge in [-0.2, -0.15) is 0 Å². The van der Waals surface area contributed by atoms with Gasteiger partial charge < -0.3 is 9.64 Å². The van der Waals surface area contributed by atoms with Crippen LogP contribution < -0.4 is 0 Å². The van der Waals surface area contributed by atoms with Gasteiger partial charge in [0.15, 0.2) is 5.90 Å². The Labute approximate surface area is 241 Å². The van der Waals surface area contributed by atoms with Crippen molar-refractivity contribution >= 4 is 23.0 Å². The van der Waals surface area contributed by atoms with Gasteiger partial charge in [0.25, 0.3) is 0 Å². The lowest BCUT2D eigenvalue weighted by Crippen LogP contribution is -2.45. The Morgan fingerprint density at radius 2 is 1.73 bits per heavy atom. The largest absolute Gasteiger partial charge is 0.448 e. The van der Waals surface area contributed by atoms with Crippen LogP contribution in [0, 0.1) is 29.5 Å². The Hall–Kier alpha value is -3.47. The first-order chi connectivity index (χ1) is 19.0. The van der Waals surface area contributed by atoms with E-state index >= 15 is 0 Å². The topological polar surface area (TPSA) is 53.4 Å². The Morgan fingerprint density at radius 1 is 1.10 bits per heavy atom. The number of allylic oxidation sites excluding steroid dienone is 5. The Morgan fingerprint density at radius 3 is 2.27 bits per heavy atom. The number of piperidine rings is 1. The van der Waals surface area contributed by atoms with E-state index in [1.165, 1.54) is 16.7 Å². The summed E-state index contributed by atoms with van der Waals surface area (Å²) in [7, 11) is 0. The van der Waals surface area contributed by atoms with Gasteiger partial charge >= 0.3 is 0 Å². The highest BCUT2D eigenvalue weighted by Crippen LogP contribution is 2.34. The Balaban J connectivity index is 0.000000264. The van der Waals surface area contributed by atoms with Crippen LogP contribution in [0.2, 0.25) is 0 Å². The number of benzene rings is 2. The maximum Gasteiger partial charge on any atom is 0.222 e. The summed E-state index contributed by atoms with van der Waals surface area (Å²) >= 11 is 0. The standard InChI is InChI=1S/C18H15F.C15H26N2O2.C2H6/c1-13-11-15(9-10-18(13)19)17-8-7-16(12-17)14-5-3-2-4-6-14;1-6-13(18)17-9-7-15(5,8-10-17)14(16)19-12(4)11(2)3;1-2/h2-6,8-12H,7H2,1H3;11,16H,4,6-10H2,1-3,5H3;1-2H3. The van der Waals surface area contributed by atoms with E-state index in [1.54, 1.807) is 13.0 Å². The van der Waals surface area contributed by atoms with Crippen LogP contribution in [0.1, 0.15) is 83.9 Å². The highest BCUT2D eigenvalue weighted by molar-refractivity contribution is 5.89. The van der Waals surface area contributed by atoms with Crippen molar-refractivity contribution in [2.24, 2.45) is 11.3 Å². The zero-order valence-corrected chi connectivity index (χ0v) is 25.4. The van der Waals surface area contributed by atoms with Crippen LogP contribution in [-0.4, -0.2) is 29.8 Å². The van der Waals surface area contributed by atoms with Crippen LogP contribution in [0.3, 0.4) is 0 Å². The van der Waals surface area contributed by atoms with Gasteiger partial charge in [0.05, 0.1) is 0 Å². The van der Waals surface area contributed by atoms with Gasteiger partial charge in [-0.05, 0) is 66.2 Å². The number of ether oxygens (including phenoxy) is 1. The van der Waals surface area contributed by atoms with E-state index in [2.05, 4.69) is 43.0 Å². The molecular formula is C35H47FN2O2. The van der Waals surface area contributed by atoms with Crippen molar-refractivity contribution in [2.75, 3.05) is 13.1 Å². The molecule has 2 aromatic rings. The molecule has 0 unspecified atom stereocenters. The molecule has 1 amide bonds. The number of halogens is 1. The SMILES string of the molecule is C=C(OC(=N)C1(C)CCN(C(=O)CC)CC1)C(C)C.CC.Cc1cc(C2=CCC(c3ccccc3)=C2)ccc1F. The highest BCUT2D eigenvalue weighted by atomic mass is 19.1. The summed E-state index contributed by atoms with van der Waals surface area (Å²) < 4.78 is 18.9. The highest BCUT2D eigenvalue weighted by Gasteiger charge is 2.37. The van der Waals surface area contributed by atoms with Crippen LogP contribution in [0.25, 0.3) is 11.1 Å². The van der Waals surface area contributed by atoms with Crippen molar-refractivity contribution in [3.63, 3.8) is 0 Å². The molecule has 0 radical (unpaired) electrons. The van der Waals surface area contributed by atoms with Crippen molar-refractivity contribution in [3.8, 4) is 0 Å². The molecular weight excluding hydrogens is 499 g/mol. The Bertz CT molecular complexity index is 1220. The van der Waals surface area contributed by atoms with Gasteiger partial charge in [-0.25, -0.2) is 4.39 Å². The number of hydrogen-bond acceptors (Lipinski definition) is 3. The maximum atomic E-state index is 13.3. The molecule has 1 heterocycles. The van der Waals surface area contributed by atoms with Crippen molar-refractivity contribution in [2.45, 2.75) is 74.1 Å². The molecule has 0 aromatic heterocycles. The summed E-state index contributed by atoms with van der Waals surface area (Å²) in [4.78, 5) is 13.5. The lowest BCUT2D eigenvalue weighted by molar-refractivity contribution is -0.132. The number of hydrogen-bond donors (Lipinski definition) is 1. The molecule has 2 aromatic carbocycles. The number of rotatable bonds is 6. The molecule has 216 valence electrons. The number of nitrogens with zero attached hydrogens (tertiary/aromatic N) is 1. The number of carbonyl (C=O) groups excluding carboxylic acids is 1. The molecule has 0 bridgehead atoms. The summed E-state index contributed by atoms with van der Waals surface area (Å²) in [6.45, 7) is 19.0. The molecule has 0 saturated carbocycles. The summed E-state index contributed by atoms with van der Waals surface area (Å²) in [6.07, 6.45) is 7.45. The van der Waals surface area contributed by atoms with Crippen molar-refractivity contribution in [3.05, 3.63) is 95.5 Å². The lowest BCUT2D eigenvalue weighted by atomic mass is 9.80. The van der Waals surface area contributed by atoms with E-state index in [9.17, 15) is 9.18 Å². The van der Waals surface area contributed by atoms with E-state index < -0.39 is 0 Å². The fraction of sp³-hybridized carbons (Fsp3) is 0.429. The molecule has 4 nitrogen and oxygen atoms in total. The summed E-state index contributed by atoms with van der Waals surface area (Å²) in [5, 5.41) is 8.14. The number of likely N-dealkylation sites (tertiary alicyclic amines) is 1. The molecule has 1 aliphatic heterocycles. The molecule has 0 spiro atoms. The van der Waals surface area contributed by atoms with Crippen molar-refractivity contribution < 1.29 is 13.9 Å². The fourth-order valence-electron chi connectivity index (χ4n) is 4.48. The quantitative estimate of drug-likeness (QED) is 0.223. The normalized spacial score (nSPS) is 15.6. The van der Waals surface area contributed by atoms with Gasteiger partial charge in [0, 0.05) is 30.8 Å². The minimum atomic E-state index is -0.275. The van der Waals surface area contributed by atoms with Crippen molar-refractivity contribution in [1.82, 2.24) is 4.90 Å². The molecule has 1 fully saturated rings. The molecule has 1 saturated heterocycles. The smallest absolute Gasteiger partial charge is 0.222 e. The van der Waals surface area contributed by atoms with Crippen LogP contribution >= 0.6 is 0 Å². The van der Waals surface area contributed by atoms with Gasteiger partial charge in [0.1, 0.15) is 11.6 Å². The van der Waals surface area contributed by atoms with E-state index in [0.29, 0.717) is 30.8 Å². The van der Waals surface area contributed by atoms with Gasteiger partial charge in [0.2, 0.25) is 5.91 Å². The van der Waals surface area contributed by atoms with Gasteiger partial charge in [-0.15, -0.1) is 0 Å². The second-order valence-electron chi connectivity index (χ2n) is 10.7. The third-order valence-corrected chi connectivity index (χ3v) is 7.45. The third kappa shape index (κ3) is 8.77. The lowest BCUT2D eigenvalue weighted by Gasteiger charge is -2.39. The molecule has 0 atom stereocenters. The zero-order valence-electron chi connectivity index (χ0n) is 25.4. The second kappa shape index (κ2) is 15.4. The average Bonchev–Trinajstić information content (AvgIpc) is 3.47. The molecule has 1 aliphatic carbocycles. The first kappa shape index (κ1) is 32.7. The number of aryl methyl sites for hydroxylation is 1. The van der Waals surface area contributed by atoms with E-state index in [0.717, 1.165) is 24.8 Å². The third-order valence-electron chi connectivity index (χ3n) is 7.45. The predicted molar refractivity (Wildman–Crippen MR) is 166 cm³/mol. The van der Waals surface area contributed by atoms with Crippen LogP contribution in [0.15, 0.2) is 73.0 Å². The molecule has 4 rings (SSSR count). The maximum absolute atomic E-state index is 13.3. The molecule has 1 N–H and O–H groups in total. The number of amides is 1. The van der Waals surface area contributed by atoms with Gasteiger partial charge in [-0.3, -0.25) is 10.2 Å². The van der Waals surface area contributed by atoms with Crippen molar-refractivity contribution in [1.29, 1.82) is 5.41 Å². The predicted octanol–water partition coefficient (Wildman–Crippen LogP) is 9.22. The molecule has 2 aliphatic rings. The number of nitrogens with one attached hydrogen (secondary N) is 1. The second-order valence-corrected chi connectivity index (χ2v) is 10.7. The first-order valence-corrected chi connectivity index (χ1v) is 14.5. The summed E-state index contributed by atoms with van der Waals surface area (Å²) in [5.41, 5.74) is 5.26. The van der Waals surface area contributed by atoms with E-state index in [1.807, 2.05) is 64.6 Å². The van der Waals surface area contributed by atoms with Crippen LogP contribution in [0.4, 0.5) is 4.39 Å².